The first-order valence-electron chi connectivity index (χ1n) is 7.25. The maximum atomic E-state index is 3.58. The average Bonchev–Trinajstić information content (AvgIpc) is 2.42. The van der Waals surface area contributed by atoms with Gasteiger partial charge in [-0.2, -0.15) is 23.3 Å². The van der Waals surface area contributed by atoms with Crippen LogP contribution in [0.4, 0.5) is 0 Å². The molecular weight excluding hydrogens is 329 g/mol. The fraction of sp³-hybridized carbons (Fsp3) is 0.400. The quantitative estimate of drug-likeness (QED) is 0.601. The van der Waals surface area contributed by atoms with Crippen molar-refractivity contribution >= 4 is 0 Å². The molecule has 0 atom stereocenters. The van der Waals surface area contributed by atoms with Crippen molar-refractivity contribution in [2.24, 2.45) is 0 Å². The van der Waals surface area contributed by atoms with Gasteiger partial charge in [0.25, 0.3) is 0 Å². The first kappa shape index (κ1) is 18.6. The van der Waals surface area contributed by atoms with Gasteiger partial charge < -0.3 is 0 Å². The average molecular weight is 353 g/mol. The molecule has 0 aliphatic heterocycles. The molecule has 0 spiro atoms. The summed E-state index contributed by atoms with van der Waals surface area (Å²) in [7, 11) is 0. The molecular formula is C20H24Y-2. The van der Waals surface area contributed by atoms with Crippen LogP contribution >= 0.6 is 0 Å². The van der Waals surface area contributed by atoms with E-state index >= 15 is 0 Å². The molecule has 2 aromatic rings. The Balaban J connectivity index is 0.00000220. The summed E-state index contributed by atoms with van der Waals surface area (Å²) in [5.41, 5.74) is 13.0. The van der Waals surface area contributed by atoms with E-state index in [-0.39, 0.29) is 32.7 Å². The maximum absolute atomic E-state index is 3.58. The van der Waals surface area contributed by atoms with E-state index in [1.54, 1.807) is 0 Å². The molecule has 0 aromatic heterocycles. The van der Waals surface area contributed by atoms with Crippen LogP contribution in [0.15, 0.2) is 0 Å². The van der Waals surface area contributed by atoms with Crippen molar-refractivity contribution in [2.75, 3.05) is 0 Å². The second-order valence-corrected chi connectivity index (χ2v) is 6.00. The summed E-state index contributed by atoms with van der Waals surface area (Å²) < 4.78 is 0. The van der Waals surface area contributed by atoms with E-state index in [2.05, 4.69) is 67.5 Å². The van der Waals surface area contributed by atoms with Crippen molar-refractivity contribution in [1.29, 1.82) is 0 Å². The molecule has 0 fully saturated rings. The van der Waals surface area contributed by atoms with E-state index in [0.29, 0.717) is 0 Å². The van der Waals surface area contributed by atoms with Gasteiger partial charge in [-0.05, 0) is 0 Å². The molecule has 0 saturated carbocycles. The minimum atomic E-state index is 0. The number of benzene rings is 2. The Kier molecular flexibility index (Phi) is 5.98. The van der Waals surface area contributed by atoms with E-state index in [0.717, 1.165) is 0 Å². The number of hydrogen-bond donors (Lipinski definition) is 0. The van der Waals surface area contributed by atoms with Crippen LogP contribution in [0.1, 0.15) is 44.5 Å². The molecule has 2 aromatic carbocycles. The van der Waals surface area contributed by atoms with Gasteiger partial charge in [-0.1, -0.05) is 55.4 Å². The summed E-state index contributed by atoms with van der Waals surface area (Å²) in [6.07, 6.45) is 0. The van der Waals surface area contributed by atoms with Gasteiger partial charge in [-0.15, -0.1) is 33.4 Å². The Hall–Kier alpha value is -0.456. The van der Waals surface area contributed by atoms with Crippen LogP contribution in [-0.4, -0.2) is 0 Å². The molecule has 1 radical (unpaired) electrons. The summed E-state index contributed by atoms with van der Waals surface area (Å²) in [5.74, 6) is 0. The molecule has 109 valence electrons. The molecule has 1 heteroatoms. The fourth-order valence-electron chi connectivity index (χ4n) is 2.75. The first-order chi connectivity index (χ1) is 9.25. The minimum absolute atomic E-state index is 0. The molecule has 0 heterocycles. The molecule has 0 bridgehead atoms. The van der Waals surface area contributed by atoms with E-state index in [4.69, 9.17) is 0 Å². The maximum Gasteiger partial charge on any atom is 0 e. The van der Waals surface area contributed by atoms with Gasteiger partial charge >= 0.3 is 0 Å². The predicted molar refractivity (Wildman–Crippen MR) is 87.4 cm³/mol. The molecule has 0 aliphatic carbocycles. The van der Waals surface area contributed by atoms with Gasteiger partial charge in [0.2, 0.25) is 0 Å². The Bertz CT molecular complexity index is 632. The van der Waals surface area contributed by atoms with Crippen LogP contribution < -0.4 is 0 Å². The van der Waals surface area contributed by atoms with Crippen molar-refractivity contribution in [1.82, 2.24) is 0 Å². The first-order valence-corrected chi connectivity index (χ1v) is 7.25. The summed E-state index contributed by atoms with van der Waals surface area (Å²) in [6, 6.07) is 7.17. The molecule has 0 saturated heterocycles. The van der Waals surface area contributed by atoms with Gasteiger partial charge in [-0.3, -0.25) is 0 Å². The normalized spacial score (nSPS) is 10.5. The van der Waals surface area contributed by atoms with Crippen LogP contribution in [0.25, 0.3) is 11.1 Å². The zero-order chi connectivity index (χ0) is 15.2. The SMILES string of the molecule is Cc1[c-]c(-c2[c-]c(C)c(C)c(C)c2C)c(C)c(C)c1C.[Y]. The number of hydrogen-bond acceptors (Lipinski definition) is 0. The Morgan fingerprint density at radius 2 is 0.714 bits per heavy atom. The molecule has 0 nitrogen and oxygen atoms in total. The zero-order valence-electron chi connectivity index (χ0n) is 14.6. The smallest absolute Gasteiger partial charge is 0 e. The molecule has 0 aliphatic rings. The monoisotopic (exact) mass is 353 g/mol. The molecule has 21 heavy (non-hydrogen) atoms. The summed E-state index contributed by atoms with van der Waals surface area (Å²) in [5, 5.41) is 0. The number of rotatable bonds is 1. The van der Waals surface area contributed by atoms with E-state index in [1.165, 1.54) is 55.6 Å². The molecule has 0 unspecified atom stereocenters. The van der Waals surface area contributed by atoms with Crippen LogP contribution in [0, 0.1) is 67.5 Å². The topological polar surface area (TPSA) is 0 Å². The summed E-state index contributed by atoms with van der Waals surface area (Å²) in [4.78, 5) is 0. The van der Waals surface area contributed by atoms with Gasteiger partial charge in [0.1, 0.15) is 0 Å². The Morgan fingerprint density at radius 1 is 0.429 bits per heavy atom. The summed E-state index contributed by atoms with van der Waals surface area (Å²) >= 11 is 0. The van der Waals surface area contributed by atoms with Crippen molar-refractivity contribution in [3.8, 4) is 11.1 Å². The Labute approximate surface area is 155 Å². The third kappa shape index (κ3) is 3.17. The second kappa shape index (κ2) is 6.75. The van der Waals surface area contributed by atoms with Crippen LogP contribution in [0.2, 0.25) is 0 Å². The standard InChI is InChI=1S/C20H24.Y/c1-11-9-19(17(7)15(5)13(11)3)20-10-12(2)14(4)16(6)18(20)8;/h1-8H3;/q-2;. The van der Waals surface area contributed by atoms with Crippen LogP contribution in [-0.2, 0) is 32.7 Å². The molecule has 2 rings (SSSR count). The third-order valence-corrected chi connectivity index (χ3v) is 5.00. The van der Waals surface area contributed by atoms with Gasteiger partial charge in [0, 0.05) is 32.7 Å². The van der Waals surface area contributed by atoms with Crippen molar-refractivity contribution in [3.63, 3.8) is 0 Å². The predicted octanol–water partition coefficient (Wildman–Crippen LogP) is 5.42. The Morgan fingerprint density at radius 3 is 1.00 bits per heavy atom. The van der Waals surface area contributed by atoms with Gasteiger partial charge in [0.05, 0.1) is 0 Å². The van der Waals surface area contributed by atoms with Crippen LogP contribution in [0.3, 0.4) is 0 Å². The minimum Gasteiger partial charge on any atom is -0.223 e. The largest absolute Gasteiger partial charge is 0.223 e. The van der Waals surface area contributed by atoms with E-state index < -0.39 is 0 Å². The summed E-state index contributed by atoms with van der Waals surface area (Å²) in [6.45, 7) is 17.5. The van der Waals surface area contributed by atoms with Crippen molar-refractivity contribution < 1.29 is 32.7 Å². The molecule has 0 amide bonds. The van der Waals surface area contributed by atoms with Gasteiger partial charge in [0.15, 0.2) is 0 Å². The van der Waals surface area contributed by atoms with E-state index in [1.807, 2.05) is 0 Å². The van der Waals surface area contributed by atoms with E-state index in [9.17, 15) is 0 Å². The van der Waals surface area contributed by atoms with Crippen molar-refractivity contribution in [2.45, 2.75) is 55.4 Å². The molecule has 0 N–H and O–H groups in total. The zero-order valence-corrected chi connectivity index (χ0v) is 17.4. The van der Waals surface area contributed by atoms with Gasteiger partial charge in [-0.25, -0.2) is 11.1 Å². The number of aryl methyl sites for hydroxylation is 2. The third-order valence-electron chi connectivity index (χ3n) is 5.00. The van der Waals surface area contributed by atoms with Crippen molar-refractivity contribution in [3.05, 3.63) is 56.6 Å². The van der Waals surface area contributed by atoms with Crippen LogP contribution in [0.5, 0.6) is 0 Å². The second-order valence-electron chi connectivity index (χ2n) is 6.00. The fourth-order valence-corrected chi connectivity index (χ4v) is 2.75.